The molecule has 1 N–H and O–H groups in total. The van der Waals surface area contributed by atoms with E-state index in [1.807, 2.05) is 11.3 Å². The number of fused-ring (bicyclic) bond motifs is 1. The molecule has 1 saturated carbocycles. The highest BCUT2D eigenvalue weighted by atomic mass is 32.1. The molecule has 0 atom stereocenters. The largest absolute Gasteiger partial charge is 0.481 e. The number of thiophene rings is 1. The van der Waals surface area contributed by atoms with Crippen LogP contribution in [0.1, 0.15) is 36.1 Å². The van der Waals surface area contributed by atoms with Gasteiger partial charge in [-0.25, -0.2) is 0 Å². The summed E-state index contributed by atoms with van der Waals surface area (Å²) in [5.74, 6) is -0.587. The van der Waals surface area contributed by atoms with Gasteiger partial charge in [-0.3, -0.25) is 9.69 Å². The zero-order chi connectivity index (χ0) is 12.6. The van der Waals surface area contributed by atoms with Gasteiger partial charge >= 0.3 is 5.97 Å². The maximum atomic E-state index is 11.6. The molecule has 1 fully saturated rings. The second kappa shape index (κ2) is 4.67. The molecule has 0 radical (unpaired) electrons. The van der Waals surface area contributed by atoms with Crippen LogP contribution in [0.3, 0.4) is 0 Å². The molecule has 3 nitrogen and oxygen atoms in total. The third-order valence-corrected chi connectivity index (χ3v) is 5.45. The highest BCUT2D eigenvalue weighted by Crippen LogP contribution is 2.40. The lowest BCUT2D eigenvalue weighted by molar-refractivity contribution is -0.150. The number of rotatable bonds is 3. The van der Waals surface area contributed by atoms with E-state index >= 15 is 0 Å². The van der Waals surface area contributed by atoms with E-state index in [1.165, 1.54) is 10.4 Å². The molecule has 0 amide bonds. The Bertz CT molecular complexity index is 448. The number of aliphatic carboxylic acids is 1. The topological polar surface area (TPSA) is 40.5 Å². The van der Waals surface area contributed by atoms with Gasteiger partial charge in [0.1, 0.15) is 0 Å². The lowest BCUT2D eigenvalue weighted by Gasteiger charge is -2.34. The van der Waals surface area contributed by atoms with Gasteiger partial charge in [-0.05, 0) is 36.3 Å². The molecule has 0 unspecified atom stereocenters. The van der Waals surface area contributed by atoms with Gasteiger partial charge < -0.3 is 5.11 Å². The lowest BCUT2D eigenvalue weighted by atomic mass is 9.85. The summed E-state index contributed by atoms with van der Waals surface area (Å²) in [6.07, 6.45) is 4.95. The second-order valence-corrected chi connectivity index (χ2v) is 6.62. The van der Waals surface area contributed by atoms with Crippen LogP contribution in [-0.4, -0.2) is 29.1 Å². The SMILES string of the molecule is O=C(O)C1(CN2CCc3sccc3C2)CCCC1. The molecule has 1 aliphatic carbocycles. The summed E-state index contributed by atoms with van der Waals surface area (Å²) in [5, 5.41) is 11.7. The van der Waals surface area contributed by atoms with E-state index in [0.29, 0.717) is 0 Å². The zero-order valence-electron chi connectivity index (χ0n) is 10.5. The Morgan fingerprint density at radius 1 is 1.44 bits per heavy atom. The predicted molar refractivity (Wildman–Crippen MR) is 71.8 cm³/mol. The smallest absolute Gasteiger partial charge is 0.310 e. The Morgan fingerprint density at radius 3 is 2.94 bits per heavy atom. The van der Waals surface area contributed by atoms with Gasteiger partial charge in [0.05, 0.1) is 5.41 Å². The van der Waals surface area contributed by atoms with Crippen LogP contribution in [-0.2, 0) is 17.8 Å². The van der Waals surface area contributed by atoms with Crippen LogP contribution in [0, 0.1) is 5.41 Å². The third kappa shape index (κ3) is 2.08. The molecule has 4 heteroatoms. The highest BCUT2D eigenvalue weighted by Gasteiger charge is 2.42. The van der Waals surface area contributed by atoms with Crippen LogP contribution in [0.25, 0.3) is 0 Å². The van der Waals surface area contributed by atoms with Crippen molar-refractivity contribution in [1.82, 2.24) is 4.90 Å². The first-order valence-corrected chi connectivity index (χ1v) is 7.59. The number of carboxylic acid groups (broad SMARTS) is 1. The van der Waals surface area contributed by atoms with Crippen molar-refractivity contribution in [1.29, 1.82) is 0 Å². The van der Waals surface area contributed by atoms with Crippen LogP contribution in [0.2, 0.25) is 0 Å². The van der Waals surface area contributed by atoms with Crippen LogP contribution >= 0.6 is 11.3 Å². The average Bonchev–Trinajstić information content (AvgIpc) is 2.97. The van der Waals surface area contributed by atoms with Crippen molar-refractivity contribution in [3.05, 3.63) is 21.9 Å². The first kappa shape index (κ1) is 12.2. The van der Waals surface area contributed by atoms with E-state index in [0.717, 1.165) is 51.7 Å². The summed E-state index contributed by atoms with van der Waals surface area (Å²) >= 11 is 1.83. The maximum Gasteiger partial charge on any atom is 0.310 e. The number of hydrogen-bond acceptors (Lipinski definition) is 3. The van der Waals surface area contributed by atoms with Gasteiger partial charge in [-0.1, -0.05) is 12.8 Å². The predicted octanol–water partition coefficient (Wildman–Crippen LogP) is 2.75. The molecular weight excluding hydrogens is 246 g/mol. The van der Waals surface area contributed by atoms with E-state index in [9.17, 15) is 9.90 Å². The van der Waals surface area contributed by atoms with Crippen molar-refractivity contribution in [2.75, 3.05) is 13.1 Å². The fourth-order valence-corrected chi connectivity index (χ4v) is 4.25. The van der Waals surface area contributed by atoms with Gasteiger partial charge in [0.25, 0.3) is 0 Å². The molecule has 1 aliphatic heterocycles. The molecule has 0 bridgehead atoms. The average molecular weight is 265 g/mol. The quantitative estimate of drug-likeness (QED) is 0.913. The number of carbonyl (C=O) groups is 1. The first-order valence-electron chi connectivity index (χ1n) is 6.71. The van der Waals surface area contributed by atoms with Crippen molar-refractivity contribution in [3.8, 4) is 0 Å². The van der Waals surface area contributed by atoms with Crippen LogP contribution in [0.4, 0.5) is 0 Å². The standard InChI is InChI=1S/C14H19NO2S/c16-13(17)14(5-1-2-6-14)10-15-7-3-12-11(9-15)4-8-18-12/h4,8H,1-3,5-7,9-10H2,(H,16,17). The number of nitrogens with zero attached hydrogens (tertiary/aromatic N) is 1. The molecule has 1 aromatic heterocycles. The van der Waals surface area contributed by atoms with Crippen molar-refractivity contribution >= 4 is 17.3 Å². The van der Waals surface area contributed by atoms with E-state index in [2.05, 4.69) is 16.3 Å². The van der Waals surface area contributed by atoms with Crippen molar-refractivity contribution in [2.24, 2.45) is 5.41 Å². The van der Waals surface area contributed by atoms with E-state index in [1.54, 1.807) is 0 Å². The van der Waals surface area contributed by atoms with E-state index in [4.69, 9.17) is 0 Å². The fourth-order valence-electron chi connectivity index (χ4n) is 3.36. The van der Waals surface area contributed by atoms with Gasteiger partial charge in [0.2, 0.25) is 0 Å². The van der Waals surface area contributed by atoms with Crippen LogP contribution in [0.15, 0.2) is 11.4 Å². The zero-order valence-corrected chi connectivity index (χ0v) is 11.3. The summed E-state index contributed by atoms with van der Waals surface area (Å²) < 4.78 is 0. The molecule has 98 valence electrons. The van der Waals surface area contributed by atoms with E-state index < -0.39 is 11.4 Å². The molecule has 1 aromatic rings. The number of hydrogen-bond donors (Lipinski definition) is 1. The molecule has 2 aliphatic rings. The molecule has 0 aromatic carbocycles. The molecule has 2 heterocycles. The summed E-state index contributed by atoms with van der Waals surface area (Å²) in [4.78, 5) is 15.4. The monoisotopic (exact) mass is 265 g/mol. The second-order valence-electron chi connectivity index (χ2n) is 5.62. The molecule has 0 saturated heterocycles. The van der Waals surface area contributed by atoms with E-state index in [-0.39, 0.29) is 0 Å². The molecule has 18 heavy (non-hydrogen) atoms. The lowest BCUT2D eigenvalue weighted by Crippen LogP contribution is -2.43. The highest BCUT2D eigenvalue weighted by molar-refractivity contribution is 7.10. The molecular formula is C14H19NO2S. The van der Waals surface area contributed by atoms with Gasteiger partial charge in [-0.2, -0.15) is 0 Å². The Hall–Kier alpha value is -0.870. The minimum absolute atomic E-state index is 0.465. The van der Waals surface area contributed by atoms with Crippen molar-refractivity contribution in [2.45, 2.75) is 38.6 Å². The van der Waals surface area contributed by atoms with Gasteiger partial charge in [-0.15, -0.1) is 11.3 Å². The Morgan fingerprint density at radius 2 is 2.22 bits per heavy atom. The minimum atomic E-state index is -0.587. The summed E-state index contributed by atoms with van der Waals surface area (Å²) in [6.45, 7) is 2.69. The first-order chi connectivity index (χ1) is 8.70. The molecule has 0 spiro atoms. The summed E-state index contributed by atoms with van der Waals surface area (Å²) in [6, 6.07) is 2.19. The van der Waals surface area contributed by atoms with Crippen LogP contribution in [0.5, 0.6) is 0 Å². The summed E-state index contributed by atoms with van der Waals surface area (Å²) in [7, 11) is 0. The number of carboxylic acids is 1. The van der Waals surface area contributed by atoms with Gasteiger partial charge in [0, 0.05) is 24.5 Å². The minimum Gasteiger partial charge on any atom is -0.481 e. The Kier molecular flexibility index (Phi) is 3.16. The normalized spacial score (nSPS) is 22.9. The van der Waals surface area contributed by atoms with Crippen LogP contribution < -0.4 is 0 Å². The van der Waals surface area contributed by atoms with Crippen molar-refractivity contribution < 1.29 is 9.90 Å². The Labute approximate surface area is 111 Å². The maximum absolute atomic E-state index is 11.6. The van der Waals surface area contributed by atoms with Crippen molar-refractivity contribution in [3.63, 3.8) is 0 Å². The fraction of sp³-hybridized carbons (Fsp3) is 0.643. The van der Waals surface area contributed by atoms with Gasteiger partial charge in [0.15, 0.2) is 0 Å². The molecule has 3 rings (SSSR count). The summed E-state index contributed by atoms with van der Waals surface area (Å²) in [5.41, 5.74) is 0.942. The Balaban J connectivity index is 1.72. The third-order valence-electron chi connectivity index (χ3n) is 4.43.